The van der Waals surface area contributed by atoms with Gasteiger partial charge in [0.15, 0.2) is 5.72 Å². The van der Waals surface area contributed by atoms with Crippen LogP contribution in [0.15, 0.2) is 0 Å². The molecule has 0 bridgehead atoms. The van der Waals surface area contributed by atoms with Crippen LogP contribution >= 0.6 is 0 Å². The maximum absolute atomic E-state index is 10.9. The number of ether oxygens (including phenoxy) is 1. The summed E-state index contributed by atoms with van der Waals surface area (Å²) in [5.41, 5.74) is -1.30. The van der Waals surface area contributed by atoms with Gasteiger partial charge in [0.2, 0.25) is 0 Å². The van der Waals surface area contributed by atoms with Gasteiger partial charge in [0.05, 0.1) is 13.2 Å². The maximum atomic E-state index is 10.9. The monoisotopic (exact) mass is 204 g/mol. The van der Waals surface area contributed by atoms with E-state index in [1.807, 2.05) is 0 Å². The van der Waals surface area contributed by atoms with Crippen LogP contribution in [0.4, 0.5) is 4.79 Å². The van der Waals surface area contributed by atoms with Gasteiger partial charge >= 0.3 is 6.03 Å². The number of hydrogen-bond donors (Lipinski definition) is 5. The highest BCUT2D eigenvalue weighted by molar-refractivity contribution is 5.77. The molecule has 0 radical (unpaired) electrons. The van der Waals surface area contributed by atoms with E-state index >= 15 is 0 Å². The Labute approximate surface area is 79.7 Å². The first kappa shape index (κ1) is 9.66. The summed E-state index contributed by atoms with van der Waals surface area (Å²) in [5, 5.41) is 32.7. The Morgan fingerprint density at radius 3 is 2.71 bits per heavy atom. The van der Waals surface area contributed by atoms with Crippen LogP contribution in [-0.2, 0) is 4.74 Å². The van der Waals surface area contributed by atoms with Crippen LogP contribution in [-0.4, -0.2) is 58.5 Å². The van der Waals surface area contributed by atoms with Gasteiger partial charge in [-0.3, -0.25) is 0 Å². The lowest BCUT2D eigenvalue weighted by atomic mass is 10.0. The van der Waals surface area contributed by atoms with Crippen LogP contribution in [0.25, 0.3) is 0 Å². The van der Waals surface area contributed by atoms with E-state index < -0.39 is 36.7 Å². The van der Waals surface area contributed by atoms with Crippen molar-refractivity contribution in [2.24, 2.45) is 0 Å². The third kappa shape index (κ3) is 1.17. The van der Waals surface area contributed by atoms with Crippen LogP contribution < -0.4 is 10.6 Å². The Morgan fingerprint density at radius 2 is 2.29 bits per heavy atom. The lowest BCUT2D eigenvalue weighted by Crippen LogP contribution is -2.53. The molecule has 2 aliphatic heterocycles. The molecule has 2 rings (SSSR count). The molecule has 2 amide bonds. The Bertz CT molecular complexity index is 260. The average molecular weight is 204 g/mol. The van der Waals surface area contributed by atoms with Gasteiger partial charge < -0.3 is 30.7 Å². The number of amides is 2. The molecule has 0 aromatic carbocycles. The van der Waals surface area contributed by atoms with Crippen molar-refractivity contribution in [2.45, 2.75) is 24.0 Å². The first-order valence-electron chi connectivity index (χ1n) is 4.30. The zero-order valence-electron chi connectivity index (χ0n) is 7.30. The third-order valence-electron chi connectivity index (χ3n) is 2.56. The fourth-order valence-electron chi connectivity index (χ4n) is 1.78. The number of hydrogen-bond acceptors (Lipinski definition) is 5. The Balaban J connectivity index is 2.18. The van der Waals surface area contributed by atoms with Gasteiger partial charge in [0, 0.05) is 0 Å². The lowest BCUT2D eigenvalue weighted by Gasteiger charge is -2.25. The summed E-state index contributed by atoms with van der Waals surface area (Å²) in [7, 11) is 0. The van der Waals surface area contributed by atoms with Crippen LogP contribution in [0.2, 0.25) is 0 Å². The second-order valence-corrected chi connectivity index (χ2v) is 3.47. The molecule has 0 aromatic heterocycles. The van der Waals surface area contributed by atoms with Crippen molar-refractivity contribution in [3.05, 3.63) is 0 Å². The summed E-state index contributed by atoms with van der Waals surface area (Å²) >= 11 is 0. The number of aliphatic hydroxyl groups is 3. The summed E-state index contributed by atoms with van der Waals surface area (Å²) in [6.07, 6.45) is -3.30. The number of rotatable bonds is 1. The predicted molar refractivity (Wildman–Crippen MR) is 43.2 cm³/mol. The Kier molecular flexibility index (Phi) is 2.11. The standard InChI is InChI=1S/C7H12N2O5/c10-1-3-4(11)5(12)7(14-3)2-8-6(13)9-7/h3-5,10-12H,1-2H2,(H2,8,9,13)/t3-,4-,5-,7+/m1/s1. The molecule has 4 atom stereocenters. The molecule has 7 nitrogen and oxygen atoms in total. The highest BCUT2D eigenvalue weighted by atomic mass is 16.6. The van der Waals surface area contributed by atoms with Crippen molar-refractivity contribution in [1.29, 1.82) is 0 Å². The topological polar surface area (TPSA) is 111 Å². The zero-order valence-corrected chi connectivity index (χ0v) is 7.30. The van der Waals surface area contributed by atoms with Gasteiger partial charge in [-0.05, 0) is 0 Å². The van der Waals surface area contributed by atoms with E-state index in [0.29, 0.717) is 0 Å². The molecule has 2 aliphatic rings. The highest BCUT2D eigenvalue weighted by Gasteiger charge is 2.57. The third-order valence-corrected chi connectivity index (χ3v) is 2.56. The van der Waals surface area contributed by atoms with Gasteiger partial charge in [-0.1, -0.05) is 0 Å². The number of urea groups is 1. The van der Waals surface area contributed by atoms with Crippen LogP contribution in [0, 0.1) is 0 Å². The Morgan fingerprint density at radius 1 is 1.57 bits per heavy atom. The van der Waals surface area contributed by atoms with Gasteiger partial charge in [-0.25, -0.2) is 4.79 Å². The molecular formula is C7H12N2O5. The first-order valence-corrected chi connectivity index (χ1v) is 4.30. The number of nitrogens with one attached hydrogen (secondary N) is 2. The van der Waals surface area contributed by atoms with Crippen LogP contribution in [0.1, 0.15) is 0 Å². The number of carbonyl (C=O) groups excluding carboxylic acids is 1. The van der Waals surface area contributed by atoms with Gasteiger partial charge in [-0.15, -0.1) is 0 Å². The molecule has 2 fully saturated rings. The summed E-state index contributed by atoms with van der Waals surface area (Å²) in [6, 6.07) is -0.463. The molecule has 1 spiro atoms. The van der Waals surface area contributed by atoms with E-state index in [1.165, 1.54) is 0 Å². The second kappa shape index (κ2) is 3.06. The molecule has 2 heterocycles. The molecule has 0 aromatic rings. The quantitative estimate of drug-likeness (QED) is 0.315. The van der Waals surface area contributed by atoms with E-state index in [2.05, 4.69) is 10.6 Å². The smallest absolute Gasteiger partial charge is 0.317 e. The van der Waals surface area contributed by atoms with Crippen molar-refractivity contribution >= 4 is 6.03 Å². The normalized spacial score (nSPS) is 46.8. The second-order valence-electron chi connectivity index (χ2n) is 3.47. The minimum Gasteiger partial charge on any atom is -0.394 e. The molecule has 7 heteroatoms. The molecule has 0 saturated carbocycles. The molecule has 5 N–H and O–H groups in total. The van der Waals surface area contributed by atoms with E-state index in [9.17, 15) is 15.0 Å². The van der Waals surface area contributed by atoms with Crippen molar-refractivity contribution in [3.63, 3.8) is 0 Å². The Hall–Kier alpha value is -0.890. The maximum Gasteiger partial charge on any atom is 0.317 e. The number of aliphatic hydroxyl groups excluding tert-OH is 3. The fraction of sp³-hybridized carbons (Fsp3) is 0.857. The fourth-order valence-corrected chi connectivity index (χ4v) is 1.78. The van der Waals surface area contributed by atoms with Gasteiger partial charge in [0.25, 0.3) is 0 Å². The largest absolute Gasteiger partial charge is 0.394 e. The van der Waals surface area contributed by atoms with Gasteiger partial charge in [-0.2, -0.15) is 0 Å². The average Bonchev–Trinajstić information content (AvgIpc) is 2.64. The van der Waals surface area contributed by atoms with Crippen molar-refractivity contribution in [1.82, 2.24) is 10.6 Å². The van der Waals surface area contributed by atoms with E-state index in [-0.39, 0.29) is 6.54 Å². The van der Waals surface area contributed by atoms with Crippen molar-refractivity contribution < 1.29 is 24.9 Å². The summed E-state index contributed by atoms with van der Waals surface area (Å²) in [4.78, 5) is 10.9. The zero-order chi connectivity index (χ0) is 10.3. The van der Waals surface area contributed by atoms with Crippen molar-refractivity contribution in [2.75, 3.05) is 13.2 Å². The molecule has 14 heavy (non-hydrogen) atoms. The molecular weight excluding hydrogens is 192 g/mol. The first-order chi connectivity index (χ1) is 6.59. The van der Waals surface area contributed by atoms with Crippen LogP contribution in [0.3, 0.4) is 0 Å². The minimum absolute atomic E-state index is 0.0700. The summed E-state index contributed by atoms with van der Waals surface area (Å²) in [5.74, 6) is 0. The molecule has 0 aliphatic carbocycles. The van der Waals surface area contributed by atoms with Crippen molar-refractivity contribution in [3.8, 4) is 0 Å². The highest BCUT2D eigenvalue weighted by Crippen LogP contribution is 2.30. The molecule has 80 valence electrons. The van der Waals surface area contributed by atoms with Crippen LogP contribution in [0.5, 0.6) is 0 Å². The van der Waals surface area contributed by atoms with Gasteiger partial charge in [0.1, 0.15) is 18.3 Å². The SMILES string of the molecule is O=C1NC[C@]2(N1)O[C@H](CO)[C@@H](O)[C@H]2O. The van der Waals surface area contributed by atoms with E-state index in [4.69, 9.17) is 9.84 Å². The predicted octanol–water partition coefficient (Wildman–Crippen LogP) is -2.89. The summed E-state index contributed by atoms with van der Waals surface area (Å²) in [6.45, 7) is -0.337. The van der Waals surface area contributed by atoms with E-state index in [0.717, 1.165) is 0 Å². The van der Waals surface area contributed by atoms with E-state index in [1.54, 1.807) is 0 Å². The minimum atomic E-state index is -1.30. The lowest BCUT2D eigenvalue weighted by molar-refractivity contribution is -0.0910. The molecule has 2 saturated heterocycles. The number of carbonyl (C=O) groups is 1. The summed E-state index contributed by atoms with van der Waals surface area (Å²) < 4.78 is 5.21. The molecule has 0 unspecified atom stereocenters.